The molecule has 0 spiro atoms. The van der Waals surface area contributed by atoms with E-state index in [1.807, 2.05) is 22.6 Å². The molecule has 4 aromatic heterocycles. The molecule has 58 heavy (non-hydrogen) atoms. The lowest BCUT2D eigenvalue weighted by atomic mass is 9.95. The number of nitrogens with zero attached hydrogens (tertiary/aromatic N) is 7. The highest BCUT2D eigenvalue weighted by Crippen LogP contribution is 2.44. The number of aliphatic hydroxyl groups is 1. The largest absolute Gasteiger partial charge is 0.461 e. The van der Waals surface area contributed by atoms with E-state index in [1.165, 1.54) is 6.07 Å². The molecule has 308 valence electrons. The van der Waals surface area contributed by atoms with Gasteiger partial charge >= 0.3 is 6.01 Å². The fourth-order valence-corrected chi connectivity index (χ4v) is 15.8. The number of aromatic nitrogens is 5. The van der Waals surface area contributed by atoms with E-state index < -0.39 is 31.2 Å². The zero-order valence-corrected chi connectivity index (χ0v) is 36.0. The number of alkyl halides is 1. The van der Waals surface area contributed by atoms with Gasteiger partial charge in [0, 0.05) is 43.5 Å². The van der Waals surface area contributed by atoms with Crippen molar-refractivity contribution in [2.24, 2.45) is 7.05 Å². The van der Waals surface area contributed by atoms with Crippen molar-refractivity contribution in [1.82, 2.24) is 29.4 Å². The molecule has 1 aromatic carbocycles. The summed E-state index contributed by atoms with van der Waals surface area (Å²) in [5, 5.41) is 14.1. The molecular weight excluding hydrogens is 755 g/mol. The maximum Gasteiger partial charge on any atom is 0.320 e. The number of nitrogens with two attached hydrogens (primary N) is 1. The van der Waals surface area contributed by atoms with Crippen LogP contribution in [0.5, 0.6) is 6.01 Å². The number of aryl methyl sites for hydroxylation is 1. The lowest BCUT2D eigenvalue weighted by Gasteiger charge is -2.38. The van der Waals surface area contributed by atoms with Gasteiger partial charge in [-0.2, -0.15) is 9.97 Å². The topological polar surface area (TPSA) is 128 Å². The van der Waals surface area contributed by atoms with Gasteiger partial charge in [-0.15, -0.1) is 5.54 Å². The van der Waals surface area contributed by atoms with E-state index in [0.717, 1.165) is 30.2 Å². The average molecular weight is 811 g/mol. The van der Waals surface area contributed by atoms with Crippen molar-refractivity contribution < 1.29 is 23.4 Å². The van der Waals surface area contributed by atoms with Crippen LogP contribution in [-0.4, -0.2) is 106 Å². The first kappa shape index (κ1) is 40.4. The molecule has 14 heteroatoms. The number of hydrogen-bond donors (Lipinski definition) is 2. The minimum atomic E-state index is -2.24. The number of nitrogen functional groups attached to an aromatic ring is 1. The van der Waals surface area contributed by atoms with Gasteiger partial charge < -0.3 is 29.8 Å². The standard InChI is InChI=1S/C44H56F2N8O3Si/c1-26(2)58(27(3)4,28(5)6)19-13-31-33(46)11-10-29-20-34(47)49-37(35(29)31)38-39-32(12-15-48-38)36-40(52(39)8)50-42(51-41(36)53-17-18-56-24-43(7,55)23-53)57-25-44-14-9-16-54(44)22-30(45)21-44/h10-12,15,20,26-28,30,55H,9,14,16-18,21-25H2,1-8H3,(H2,47,49)/t30-,43+,44+/m1/s1. The van der Waals surface area contributed by atoms with E-state index >= 15 is 4.39 Å². The Morgan fingerprint density at radius 1 is 1.05 bits per heavy atom. The van der Waals surface area contributed by atoms with Gasteiger partial charge in [0.05, 0.1) is 41.8 Å². The Hall–Kier alpha value is -4.42. The van der Waals surface area contributed by atoms with Gasteiger partial charge in [0.25, 0.3) is 0 Å². The summed E-state index contributed by atoms with van der Waals surface area (Å²) in [5.74, 6) is 3.82. The minimum Gasteiger partial charge on any atom is -0.461 e. The van der Waals surface area contributed by atoms with Gasteiger partial charge in [-0.05, 0) is 66.5 Å². The number of ether oxygens (including phenoxy) is 2. The van der Waals surface area contributed by atoms with Gasteiger partial charge in [-0.1, -0.05) is 53.5 Å². The number of fused-ring (bicyclic) bond motifs is 5. The maximum atomic E-state index is 16.3. The number of β-amino-alcohol motifs (C(OH)–C–C–N with tert-alkyl or cyclic N) is 1. The number of rotatable bonds is 8. The zero-order chi connectivity index (χ0) is 41.3. The van der Waals surface area contributed by atoms with Gasteiger partial charge in [0.1, 0.15) is 60.9 Å². The second-order valence-electron chi connectivity index (χ2n) is 18.0. The van der Waals surface area contributed by atoms with Gasteiger partial charge in [-0.3, -0.25) is 9.88 Å². The van der Waals surface area contributed by atoms with E-state index in [0.29, 0.717) is 81.9 Å². The number of anilines is 2. The van der Waals surface area contributed by atoms with E-state index in [1.54, 1.807) is 25.3 Å². The Balaban J connectivity index is 1.35. The average Bonchev–Trinajstić information content (AvgIpc) is 3.74. The van der Waals surface area contributed by atoms with Crippen LogP contribution in [0.3, 0.4) is 0 Å². The SMILES string of the molecule is CC(C)[Si](C#Cc1c(F)ccc2cc(N)nc(-c3nccc4c5c(N6CCOC[C@@](C)(O)C6)nc(OC[C@@]67CCCN6C[C@H](F)C7)nc5n(C)c34)c12)(C(C)C)C(C)C. The summed E-state index contributed by atoms with van der Waals surface area (Å²) < 4.78 is 45.2. The molecule has 11 nitrogen and oxygen atoms in total. The molecule has 0 aliphatic carbocycles. The molecule has 0 unspecified atom stereocenters. The van der Waals surface area contributed by atoms with Crippen molar-refractivity contribution in [3.8, 4) is 28.9 Å². The highest BCUT2D eigenvalue weighted by atomic mass is 28.3. The molecule has 0 bridgehead atoms. The van der Waals surface area contributed by atoms with Crippen LogP contribution in [0, 0.1) is 17.3 Å². The van der Waals surface area contributed by atoms with Crippen LogP contribution < -0.4 is 15.4 Å². The monoisotopic (exact) mass is 810 g/mol. The third kappa shape index (κ3) is 6.77. The lowest BCUT2D eigenvalue weighted by Crippen LogP contribution is -2.44. The fourth-order valence-electron chi connectivity index (χ4n) is 10.5. The van der Waals surface area contributed by atoms with Crippen LogP contribution in [0.2, 0.25) is 16.6 Å². The molecule has 3 aliphatic heterocycles. The lowest BCUT2D eigenvalue weighted by molar-refractivity contribution is -0.0123. The summed E-state index contributed by atoms with van der Waals surface area (Å²) in [4.78, 5) is 24.1. The molecule has 0 amide bonds. The van der Waals surface area contributed by atoms with Crippen LogP contribution >= 0.6 is 0 Å². The third-order valence-corrected chi connectivity index (χ3v) is 19.4. The summed E-state index contributed by atoms with van der Waals surface area (Å²) >= 11 is 0. The second kappa shape index (κ2) is 15.0. The van der Waals surface area contributed by atoms with E-state index in [4.69, 9.17) is 35.1 Å². The van der Waals surface area contributed by atoms with Crippen LogP contribution in [0.15, 0.2) is 30.5 Å². The summed E-state index contributed by atoms with van der Waals surface area (Å²) in [5.41, 5.74) is 12.2. The van der Waals surface area contributed by atoms with E-state index in [2.05, 4.69) is 57.9 Å². The molecule has 3 N–H and O–H groups in total. The van der Waals surface area contributed by atoms with Crippen LogP contribution in [0.1, 0.15) is 73.3 Å². The Bertz CT molecular complexity index is 2440. The molecule has 8 rings (SSSR count). The van der Waals surface area contributed by atoms with Gasteiger partial charge in [0.2, 0.25) is 0 Å². The van der Waals surface area contributed by atoms with Crippen LogP contribution in [-0.2, 0) is 11.8 Å². The summed E-state index contributed by atoms with van der Waals surface area (Å²) in [6.07, 6.45) is 3.07. The number of hydrogen-bond acceptors (Lipinski definition) is 10. The summed E-state index contributed by atoms with van der Waals surface area (Å²) in [6.45, 7) is 18.0. The molecule has 5 aromatic rings. The Morgan fingerprint density at radius 3 is 2.55 bits per heavy atom. The summed E-state index contributed by atoms with van der Waals surface area (Å²) in [6, 6.07) is 7.01. The predicted octanol–water partition coefficient (Wildman–Crippen LogP) is 7.57. The van der Waals surface area contributed by atoms with E-state index in [9.17, 15) is 9.50 Å². The zero-order valence-electron chi connectivity index (χ0n) is 35.0. The highest BCUT2D eigenvalue weighted by Gasteiger charge is 2.49. The van der Waals surface area contributed by atoms with Crippen molar-refractivity contribution in [3.63, 3.8) is 0 Å². The molecular formula is C44H56F2N8O3Si. The van der Waals surface area contributed by atoms with Gasteiger partial charge in [0.15, 0.2) is 0 Å². The van der Waals surface area contributed by atoms with Crippen molar-refractivity contribution in [2.45, 2.75) is 102 Å². The number of benzene rings is 1. The fraction of sp³-hybridized carbons (Fsp3) is 0.545. The smallest absolute Gasteiger partial charge is 0.320 e. The molecule has 0 radical (unpaired) electrons. The molecule has 3 saturated heterocycles. The normalized spacial score (nSPS) is 23.1. The van der Waals surface area contributed by atoms with Crippen molar-refractivity contribution >= 4 is 52.4 Å². The Kier molecular flexibility index (Phi) is 10.4. The number of pyridine rings is 2. The van der Waals surface area contributed by atoms with Crippen molar-refractivity contribution in [1.29, 1.82) is 0 Å². The quantitative estimate of drug-likeness (QED) is 0.120. The molecule has 3 atom stereocenters. The van der Waals surface area contributed by atoms with Crippen molar-refractivity contribution in [2.75, 3.05) is 56.6 Å². The van der Waals surface area contributed by atoms with Crippen molar-refractivity contribution in [3.05, 3.63) is 41.8 Å². The second-order valence-corrected chi connectivity index (χ2v) is 23.6. The van der Waals surface area contributed by atoms with Crippen LogP contribution in [0.4, 0.5) is 20.4 Å². The van der Waals surface area contributed by atoms with Gasteiger partial charge in [-0.25, -0.2) is 13.8 Å². The number of halogens is 2. The summed E-state index contributed by atoms with van der Waals surface area (Å²) in [7, 11) is -0.338. The third-order valence-electron chi connectivity index (χ3n) is 13.1. The predicted molar refractivity (Wildman–Crippen MR) is 229 cm³/mol. The minimum absolute atomic E-state index is 0.163. The molecule has 0 saturated carbocycles. The molecule has 7 heterocycles. The molecule has 3 fully saturated rings. The first-order valence-corrected chi connectivity index (χ1v) is 22.9. The maximum absolute atomic E-state index is 16.3. The van der Waals surface area contributed by atoms with Crippen LogP contribution in [0.25, 0.3) is 44.1 Å². The molecule has 3 aliphatic rings. The Morgan fingerprint density at radius 2 is 1.81 bits per heavy atom. The Labute approximate surface area is 340 Å². The van der Waals surface area contributed by atoms with E-state index in [-0.39, 0.29) is 37.2 Å². The first-order valence-electron chi connectivity index (χ1n) is 20.7. The highest BCUT2D eigenvalue weighted by molar-refractivity contribution is 6.90. The first-order chi connectivity index (χ1) is 27.5.